The van der Waals surface area contributed by atoms with Crippen LogP contribution < -0.4 is 10.6 Å². The van der Waals surface area contributed by atoms with E-state index in [1.165, 1.54) is 11.3 Å². The predicted octanol–water partition coefficient (Wildman–Crippen LogP) is 0.935. The second-order valence-electron chi connectivity index (χ2n) is 3.82. The molecule has 0 radical (unpaired) electrons. The average Bonchev–Trinajstić information content (AvgIpc) is 2.96. The molecule has 0 aromatic carbocycles. The lowest BCUT2D eigenvalue weighted by molar-refractivity contribution is -0.117. The Morgan fingerprint density at radius 3 is 3.24 bits per heavy atom. The number of thiophene rings is 1. The van der Waals surface area contributed by atoms with Gasteiger partial charge in [0.15, 0.2) is 0 Å². The van der Waals surface area contributed by atoms with Gasteiger partial charge >= 0.3 is 0 Å². The highest BCUT2D eigenvalue weighted by atomic mass is 32.1. The summed E-state index contributed by atoms with van der Waals surface area (Å²) in [6.45, 7) is 0.685. The molecule has 5 nitrogen and oxygen atoms in total. The molecule has 17 heavy (non-hydrogen) atoms. The van der Waals surface area contributed by atoms with E-state index >= 15 is 0 Å². The molecule has 1 aromatic rings. The van der Waals surface area contributed by atoms with Gasteiger partial charge in [-0.1, -0.05) is 0 Å². The molecule has 2 rings (SSSR count). The Labute approximate surface area is 103 Å². The molecule has 1 fully saturated rings. The fourth-order valence-electron chi connectivity index (χ4n) is 1.78. The van der Waals surface area contributed by atoms with Crippen molar-refractivity contribution in [3.63, 3.8) is 0 Å². The quantitative estimate of drug-likeness (QED) is 0.838. The molecular weight excluding hydrogens is 238 g/mol. The number of rotatable bonds is 3. The Morgan fingerprint density at radius 2 is 2.59 bits per heavy atom. The lowest BCUT2D eigenvalue weighted by Crippen LogP contribution is -2.35. The minimum absolute atomic E-state index is 0.0875. The van der Waals surface area contributed by atoms with Gasteiger partial charge in [0, 0.05) is 13.7 Å². The average molecular weight is 251 g/mol. The normalized spacial score (nSPS) is 23.3. The van der Waals surface area contributed by atoms with Crippen molar-refractivity contribution < 1.29 is 9.53 Å². The smallest absolute Gasteiger partial charge is 0.242 e. The Balaban J connectivity index is 1.96. The summed E-state index contributed by atoms with van der Waals surface area (Å²) in [5.41, 5.74) is 0.504. The van der Waals surface area contributed by atoms with E-state index in [9.17, 15) is 4.79 Å². The van der Waals surface area contributed by atoms with Gasteiger partial charge in [0.2, 0.25) is 5.91 Å². The highest BCUT2D eigenvalue weighted by Gasteiger charge is 2.29. The fourth-order valence-corrected chi connectivity index (χ4v) is 2.52. The summed E-state index contributed by atoms with van der Waals surface area (Å²) in [5, 5.41) is 17.1. The number of nitrogens with one attached hydrogen (secondary N) is 2. The van der Waals surface area contributed by atoms with E-state index in [1.54, 1.807) is 18.6 Å². The molecule has 2 N–H and O–H groups in total. The third-order valence-corrected chi connectivity index (χ3v) is 3.59. The number of ether oxygens (including phenoxy) is 1. The first kappa shape index (κ1) is 12.0. The van der Waals surface area contributed by atoms with E-state index in [4.69, 9.17) is 10.00 Å². The summed E-state index contributed by atoms with van der Waals surface area (Å²) >= 11 is 1.35. The molecular formula is C11H13N3O2S. The van der Waals surface area contributed by atoms with Crippen LogP contribution in [0.3, 0.4) is 0 Å². The van der Waals surface area contributed by atoms with Crippen LogP contribution in [0.1, 0.15) is 12.0 Å². The van der Waals surface area contributed by atoms with Crippen LogP contribution in [0.25, 0.3) is 0 Å². The largest absolute Gasteiger partial charge is 0.380 e. The monoisotopic (exact) mass is 251 g/mol. The van der Waals surface area contributed by atoms with Gasteiger partial charge in [0.25, 0.3) is 0 Å². The number of carbonyl (C=O) groups excluding carboxylic acids is 1. The number of hydrogen-bond acceptors (Lipinski definition) is 5. The maximum atomic E-state index is 11.9. The molecule has 1 amide bonds. The molecule has 0 spiro atoms. The molecule has 2 unspecified atom stereocenters. The van der Waals surface area contributed by atoms with Gasteiger partial charge < -0.3 is 15.4 Å². The molecule has 2 heterocycles. The van der Waals surface area contributed by atoms with Crippen LogP contribution in [0.2, 0.25) is 0 Å². The molecule has 0 aliphatic carbocycles. The number of nitriles is 1. The van der Waals surface area contributed by atoms with Crippen LogP contribution in [0.4, 0.5) is 5.00 Å². The first-order valence-electron chi connectivity index (χ1n) is 5.29. The number of methoxy groups -OCH3 is 1. The topological polar surface area (TPSA) is 74.2 Å². The van der Waals surface area contributed by atoms with Crippen LogP contribution in [0.5, 0.6) is 0 Å². The van der Waals surface area contributed by atoms with Crippen LogP contribution in [-0.2, 0) is 9.53 Å². The van der Waals surface area contributed by atoms with Gasteiger partial charge in [-0.05, 0) is 17.9 Å². The van der Waals surface area contributed by atoms with Crippen molar-refractivity contribution in [1.82, 2.24) is 5.32 Å². The van der Waals surface area contributed by atoms with Crippen molar-refractivity contribution >= 4 is 22.2 Å². The molecule has 1 aromatic heterocycles. The summed E-state index contributed by atoms with van der Waals surface area (Å²) < 4.78 is 5.18. The number of carbonyl (C=O) groups is 1. The first-order valence-corrected chi connectivity index (χ1v) is 6.17. The minimum Gasteiger partial charge on any atom is -0.380 e. The maximum absolute atomic E-state index is 11.9. The standard InChI is InChI=1S/C11H13N3O2S/c1-16-8-4-9(13-6-8)10(15)14-11-7(5-12)2-3-17-11/h2-3,8-9,13H,4,6H2,1H3,(H,14,15). The van der Waals surface area contributed by atoms with Crippen molar-refractivity contribution in [3.8, 4) is 6.07 Å². The fraction of sp³-hybridized carbons (Fsp3) is 0.455. The summed E-state index contributed by atoms with van der Waals surface area (Å²) in [6.07, 6.45) is 0.750. The Kier molecular flexibility index (Phi) is 3.74. The van der Waals surface area contributed by atoms with Crippen molar-refractivity contribution in [1.29, 1.82) is 5.26 Å². The predicted molar refractivity (Wildman–Crippen MR) is 64.9 cm³/mol. The Morgan fingerprint density at radius 1 is 1.76 bits per heavy atom. The van der Waals surface area contributed by atoms with E-state index in [-0.39, 0.29) is 18.1 Å². The third kappa shape index (κ3) is 2.64. The van der Waals surface area contributed by atoms with E-state index in [0.29, 0.717) is 23.5 Å². The Hall–Kier alpha value is -1.42. The second-order valence-corrected chi connectivity index (χ2v) is 4.73. The summed E-state index contributed by atoms with van der Waals surface area (Å²) in [5.74, 6) is -0.108. The van der Waals surface area contributed by atoms with Crippen LogP contribution >= 0.6 is 11.3 Å². The number of hydrogen-bond donors (Lipinski definition) is 2. The molecule has 90 valence electrons. The van der Waals surface area contributed by atoms with E-state index in [2.05, 4.69) is 10.6 Å². The van der Waals surface area contributed by atoms with Gasteiger partial charge in [-0.3, -0.25) is 4.79 Å². The SMILES string of the molecule is COC1CNC(C(=O)Nc2sccc2C#N)C1. The summed E-state index contributed by atoms with van der Waals surface area (Å²) in [4.78, 5) is 11.9. The van der Waals surface area contributed by atoms with Crippen LogP contribution in [0.15, 0.2) is 11.4 Å². The molecule has 0 saturated carbocycles. The zero-order valence-electron chi connectivity index (χ0n) is 9.40. The van der Waals surface area contributed by atoms with Crippen molar-refractivity contribution in [2.24, 2.45) is 0 Å². The molecule has 1 aliphatic rings. The molecule has 1 saturated heterocycles. The van der Waals surface area contributed by atoms with Gasteiger partial charge in [-0.2, -0.15) is 5.26 Å². The zero-order valence-corrected chi connectivity index (χ0v) is 10.2. The third-order valence-electron chi connectivity index (χ3n) is 2.76. The first-order chi connectivity index (χ1) is 8.24. The number of nitrogens with zero attached hydrogens (tertiary/aromatic N) is 1. The zero-order chi connectivity index (χ0) is 12.3. The van der Waals surface area contributed by atoms with Gasteiger partial charge in [0.1, 0.15) is 11.1 Å². The van der Waals surface area contributed by atoms with Gasteiger partial charge in [0.05, 0.1) is 17.7 Å². The van der Waals surface area contributed by atoms with Crippen LogP contribution in [0, 0.1) is 11.3 Å². The lowest BCUT2D eigenvalue weighted by Gasteiger charge is -2.10. The van der Waals surface area contributed by atoms with E-state index in [1.807, 2.05) is 6.07 Å². The van der Waals surface area contributed by atoms with E-state index in [0.717, 1.165) is 0 Å². The van der Waals surface area contributed by atoms with Gasteiger partial charge in [-0.25, -0.2) is 0 Å². The summed E-state index contributed by atoms with van der Waals surface area (Å²) in [7, 11) is 1.64. The van der Waals surface area contributed by atoms with E-state index < -0.39 is 0 Å². The molecule has 6 heteroatoms. The highest BCUT2D eigenvalue weighted by molar-refractivity contribution is 7.14. The Bertz CT molecular complexity index is 452. The highest BCUT2D eigenvalue weighted by Crippen LogP contribution is 2.23. The van der Waals surface area contributed by atoms with Crippen molar-refractivity contribution in [2.45, 2.75) is 18.6 Å². The molecule has 2 atom stereocenters. The molecule has 0 bridgehead atoms. The van der Waals surface area contributed by atoms with Crippen molar-refractivity contribution in [3.05, 3.63) is 17.0 Å². The summed E-state index contributed by atoms with van der Waals surface area (Å²) in [6, 6.07) is 3.49. The van der Waals surface area contributed by atoms with Crippen molar-refractivity contribution in [2.75, 3.05) is 19.0 Å². The minimum atomic E-state index is -0.242. The maximum Gasteiger partial charge on any atom is 0.242 e. The van der Waals surface area contributed by atoms with Gasteiger partial charge in [-0.15, -0.1) is 11.3 Å². The van der Waals surface area contributed by atoms with Crippen LogP contribution in [-0.4, -0.2) is 31.7 Å². The lowest BCUT2D eigenvalue weighted by atomic mass is 10.2. The number of amides is 1. The number of anilines is 1. The molecule has 1 aliphatic heterocycles. The second kappa shape index (κ2) is 5.27.